The fourth-order valence-corrected chi connectivity index (χ4v) is 2.17. The second kappa shape index (κ2) is 8.39. The minimum Gasteiger partial charge on any atom is -0.490 e. The van der Waals surface area contributed by atoms with E-state index in [1.54, 1.807) is 36.4 Å². The summed E-state index contributed by atoms with van der Waals surface area (Å²) in [5, 5.41) is 0.668. The van der Waals surface area contributed by atoms with Crippen molar-refractivity contribution in [2.75, 3.05) is 13.2 Å². The summed E-state index contributed by atoms with van der Waals surface area (Å²) in [6.45, 7) is 4.86. The average molecular weight is 331 g/mol. The highest BCUT2D eigenvalue weighted by Gasteiger charge is 2.09. The number of hydrogen-bond donors (Lipinski definition) is 0. The average Bonchev–Trinajstić information content (AvgIpc) is 2.56. The van der Waals surface area contributed by atoms with Gasteiger partial charge in [-0.05, 0) is 55.8 Å². The van der Waals surface area contributed by atoms with Gasteiger partial charge >= 0.3 is 0 Å². The van der Waals surface area contributed by atoms with Gasteiger partial charge in [-0.3, -0.25) is 4.79 Å². The van der Waals surface area contributed by atoms with Crippen LogP contribution in [0.2, 0.25) is 5.02 Å². The van der Waals surface area contributed by atoms with E-state index in [4.69, 9.17) is 21.1 Å². The molecule has 23 heavy (non-hydrogen) atoms. The molecule has 0 saturated heterocycles. The number of halogens is 1. The van der Waals surface area contributed by atoms with Crippen LogP contribution < -0.4 is 9.47 Å². The van der Waals surface area contributed by atoms with Gasteiger partial charge in [-0.25, -0.2) is 0 Å². The number of carbonyl (C=O) groups is 1. The molecule has 0 aliphatic rings. The van der Waals surface area contributed by atoms with Crippen molar-refractivity contribution in [2.24, 2.45) is 0 Å². The first-order chi connectivity index (χ1) is 11.1. The molecule has 0 aromatic heterocycles. The molecule has 0 aliphatic heterocycles. The smallest absolute Gasteiger partial charge is 0.185 e. The number of benzene rings is 2. The standard InChI is InChI=1S/C19H19ClO3/c1-3-22-18-12-8-15(13-19(18)23-4-2)17(21)11-7-14-5-9-16(20)10-6-14/h5-13H,3-4H2,1-2H3. The Labute approximate surface area is 141 Å². The second-order valence-electron chi connectivity index (χ2n) is 4.78. The van der Waals surface area contributed by atoms with Crippen LogP contribution in [0, 0.1) is 0 Å². The lowest BCUT2D eigenvalue weighted by Gasteiger charge is -2.11. The van der Waals surface area contributed by atoms with Gasteiger partial charge < -0.3 is 9.47 Å². The van der Waals surface area contributed by atoms with Crippen molar-refractivity contribution < 1.29 is 14.3 Å². The summed E-state index contributed by atoms with van der Waals surface area (Å²) in [4.78, 5) is 12.3. The van der Waals surface area contributed by atoms with Crippen molar-refractivity contribution in [3.8, 4) is 11.5 Å². The maximum absolute atomic E-state index is 12.3. The van der Waals surface area contributed by atoms with E-state index < -0.39 is 0 Å². The van der Waals surface area contributed by atoms with Gasteiger partial charge in [0.05, 0.1) is 13.2 Å². The second-order valence-corrected chi connectivity index (χ2v) is 5.21. The molecular formula is C19H19ClO3. The Morgan fingerprint density at radius 3 is 2.30 bits per heavy atom. The zero-order chi connectivity index (χ0) is 16.7. The normalized spacial score (nSPS) is 10.7. The lowest BCUT2D eigenvalue weighted by atomic mass is 10.1. The van der Waals surface area contributed by atoms with Crippen LogP contribution in [0.4, 0.5) is 0 Å². The number of allylic oxidation sites excluding steroid dienone is 1. The molecule has 2 aromatic carbocycles. The molecule has 0 amide bonds. The fraction of sp³-hybridized carbons (Fsp3) is 0.211. The maximum atomic E-state index is 12.3. The van der Waals surface area contributed by atoms with Gasteiger partial charge in [0.2, 0.25) is 0 Å². The minimum atomic E-state index is -0.0936. The van der Waals surface area contributed by atoms with Gasteiger partial charge in [0.25, 0.3) is 0 Å². The summed E-state index contributed by atoms with van der Waals surface area (Å²) in [5.41, 5.74) is 1.47. The minimum absolute atomic E-state index is 0.0936. The highest BCUT2D eigenvalue weighted by atomic mass is 35.5. The van der Waals surface area contributed by atoms with Crippen LogP contribution in [-0.4, -0.2) is 19.0 Å². The van der Waals surface area contributed by atoms with Crippen molar-refractivity contribution in [2.45, 2.75) is 13.8 Å². The van der Waals surface area contributed by atoms with Gasteiger partial charge in [-0.1, -0.05) is 29.8 Å². The Morgan fingerprint density at radius 1 is 1.00 bits per heavy atom. The van der Waals surface area contributed by atoms with Crippen LogP contribution in [0.3, 0.4) is 0 Å². The highest BCUT2D eigenvalue weighted by Crippen LogP contribution is 2.28. The van der Waals surface area contributed by atoms with Gasteiger partial charge in [0.1, 0.15) is 0 Å². The summed E-state index contributed by atoms with van der Waals surface area (Å²) in [7, 11) is 0. The van der Waals surface area contributed by atoms with Crippen molar-refractivity contribution >= 4 is 23.5 Å². The zero-order valence-electron chi connectivity index (χ0n) is 13.2. The van der Waals surface area contributed by atoms with Crippen molar-refractivity contribution in [3.05, 3.63) is 64.7 Å². The van der Waals surface area contributed by atoms with E-state index in [0.717, 1.165) is 5.56 Å². The fourth-order valence-electron chi connectivity index (χ4n) is 2.05. The van der Waals surface area contributed by atoms with E-state index in [-0.39, 0.29) is 5.78 Å². The highest BCUT2D eigenvalue weighted by molar-refractivity contribution is 6.30. The quantitative estimate of drug-likeness (QED) is 0.527. The Hall–Kier alpha value is -2.26. The SMILES string of the molecule is CCOc1ccc(C(=O)C=Cc2ccc(Cl)cc2)cc1OCC. The molecule has 0 fully saturated rings. The summed E-state index contributed by atoms with van der Waals surface area (Å²) in [6, 6.07) is 12.5. The predicted molar refractivity (Wildman–Crippen MR) is 93.6 cm³/mol. The van der Waals surface area contributed by atoms with E-state index in [2.05, 4.69) is 0 Å². The van der Waals surface area contributed by atoms with E-state index in [1.807, 2.05) is 26.0 Å². The van der Waals surface area contributed by atoms with Gasteiger partial charge in [-0.15, -0.1) is 0 Å². The topological polar surface area (TPSA) is 35.5 Å². The van der Waals surface area contributed by atoms with Crippen molar-refractivity contribution in [1.29, 1.82) is 0 Å². The molecule has 0 bridgehead atoms. The third-order valence-electron chi connectivity index (χ3n) is 3.13. The van der Waals surface area contributed by atoms with E-state index >= 15 is 0 Å². The zero-order valence-corrected chi connectivity index (χ0v) is 14.0. The van der Waals surface area contributed by atoms with Crippen LogP contribution >= 0.6 is 11.6 Å². The van der Waals surface area contributed by atoms with E-state index in [1.165, 1.54) is 6.08 Å². The summed E-state index contributed by atoms with van der Waals surface area (Å²) >= 11 is 5.84. The number of ether oxygens (including phenoxy) is 2. The molecule has 0 unspecified atom stereocenters. The molecule has 0 radical (unpaired) electrons. The predicted octanol–water partition coefficient (Wildman–Crippen LogP) is 5.03. The third-order valence-corrected chi connectivity index (χ3v) is 3.38. The number of ketones is 1. The molecule has 120 valence electrons. The molecule has 2 rings (SSSR count). The largest absolute Gasteiger partial charge is 0.490 e. The van der Waals surface area contributed by atoms with Gasteiger partial charge in [0.15, 0.2) is 17.3 Å². The molecule has 0 saturated carbocycles. The molecule has 0 spiro atoms. The van der Waals surface area contributed by atoms with Crippen LogP contribution in [0.15, 0.2) is 48.5 Å². The van der Waals surface area contributed by atoms with E-state index in [0.29, 0.717) is 35.3 Å². The molecule has 0 aliphatic carbocycles. The molecular weight excluding hydrogens is 312 g/mol. The lowest BCUT2D eigenvalue weighted by molar-refractivity contribution is 0.104. The maximum Gasteiger partial charge on any atom is 0.185 e. The monoisotopic (exact) mass is 330 g/mol. The first-order valence-corrected chi connectivity index (χ1v) is 7.89. The van der Waals surface area contributed by atoms with Crippen LogP contribution in [0.5, 0.6) is 11.5 Å². The molecule has 2 aromatic rings. The van der Waals surface area contributed by atoms with E-state index in [9.17, 15) is 4.79 Å². The number of rotatable bonds is 7. The third kappa shape index (κ3) is 4.86. The van der Waals surface area contributed by atoms with Crippen LogP contribution in [0.25, 0.3) is 6.08 Å². The summed E-state index contributed by atoms with van der Waals surface area (Å²) in [6.07, 6.45) is 3.30. The van der Waals surface area contributed by atoms with Crippen LogP contribution in [-0.2, 0) is 0 Å². The molecule has 3 nitrogen and oxygen atoms in total. The van der Waals surface area contributed by atoms with Gasteiger partial charge in [0, 0.05) is 10.6 Å². The molecule has 0 N–H and O–H groups in total. The molecule has 0 heterocycles. The summed E-state index contributed by atoms with van der Waals surface area (Å²) in [5.74, 6) is 1.14. The Kier molecular flexibility index (Phi) is 6.24. The first-order valence-electron chi connectivity index (χ1n) is 7.51. The van der Waals surface area contributed by atoms with Gasteiger partial charge in [-0.2, -0.15) is 0 Å². The number of hydrogen-bond acceptors (Lipinski definition) is 3. The first kappa shape index (κ1) is 17.1. The Balaban J connectivity index is 2.18. The summed E-state index contributed by atoms with van der Waals surface area (Å²) < 4.78 is 11.0. The Morgan fingerprint density at radius 2 is 1.65 bits per heavy atom. The van der Waals surface area contributed by atoms with Crippen molar-refractivity contribution in [3.63, 3.8) is 0 Å². The lowest BCUT2D eigenvalue weighted by Crippen LogP contribution is -2.01. The number of carbonyl (C=O) groups excluding carboxylic acids is 1. The molecule has 0 atom stereocenters. The Bertz CT molecular complexity index is 690. The molecule has 4 heteroatoms. The van der Waals surface area contributed by atoms with Crippen molar-refractivity contribution in [1.82, 2.24) is 0 Å². The van der Waals surface area contributed by atoms with Crippen LogP contribution in [0.1, 0.15) is 29.8 Å².